The number of halogens is 1. The van der Waals surface area contributed by atoms with Crippen molar-refractivity contribution in [1.29, 1.82) is 0 Å². The number of aliphatic carboxylic acids is 1. The molecule has 9 rings (SSSR count). The van der Waals surface area contributed by atoms with E-state index in [0.29, 0.717) is 18.4 Å². The second kappa shape index (κ2) is 48.1. The zero-order valence-electron chi connectivity index (χ0n) is 80.2. The second-order valence-electron chi connectivity index (χ2n) is 39.1. The van der Waals surface area contributed by atoms with Crippen LogP contribution < -0.4 is 10.6 Å². The molecule has 0 heterocycles. The van der Waals surface area contributed by atoms with Crippen LogP contribution in [0.25, 0.3) is 0 Å². The van der Waals surface area contributed by atoms with Gasteiger partial charge in [-0.05, 0) is 254 Å². The molecule has 0 aromatic heterocycles. The van der Waals surface area contributed by atoms with Crippen LogP contribution in [0, 0.1) is 6.92 Å². The fourth-order valence-electron chi connectivity index (χ4n) is 12.4. The first kappa shape index (κ1) is 107. The lowest BCUT2D eigenvalue weighted by atomic mass is 9.84. The summed E-state index contributed by atoms with van der Waals surface area (Å²) in [6.45, 7) is 49.3. The monoisotopic (exact) mass is 1810 g/mol. The van der Waals surface area contributed by atoms with Crippen molar-refractivity contribution in [3.8, 4) is 0 Å². The van der Waals surface area contributed by atoms with Crippen molar-refractivity contribution in [2.24, 2.45) is 4.99 Å². The van der Waals surface area contributed by atoms with Crippen molar-refractivity contribution < 1.29 is 76.6 Å². The number of nitrogens with zero attached hydrogens (tertiary/aromatic N) is 1. The van der Waals surface area contributed by atoms with Gasteiger partial charge < -0.3 is 48.9 Å². The zero-order valence-corrected chi connectivity index (χ0v) is 81.8. The molecule has 3 atom stereocenters. The van der Waals surface area contributed by atoms with Crippen molar-refractivity contribution in [2.75, 3.05) is 0 Å². The van der Waals surface area contributed by atoms with E-state index in [-0.39, 0.29) is 61.6 Å². The first-order chi connectivity index (χ1) is 59.4. The number of aryl methyl sites for hydroxylation is 1. The Labute approximate surface area is 769 Å². The largest absolute Gasteiger partial charge is 0.480 e. The van der Waals surface area contributed by atoms with Gasteiger partial charge in [-0.1, -0.05) is 264 Å². The third-order valence-corrected chi connectivity index (χ3v) is 20.4. The Bertz CT molecular complexity index is 4970. The van der Waals surface area contributed by atoms with Crippen LogP contribution in [0.15, 0.2) is 248 Å². The van der Waals surface area contributed by atoms with Gasteiger partial charge in [0.1, 0.15) is 47.3 Å². The Morgan fingerprint density at radius 1 is 0.336 bits per heavy atom. The molecule has 0 aliphatic rings. The van der Waals surface area contributed by atoms with Gasteiger partial charge in [-0.25, -0.2) is 14.4 Å². The van der Waals surface area contributed by atoms with Gasteiger partial charge in [0.2, 0.25) is 0 Å². The van der Waals surface area contributed by atoms with Crippen LogP contribution in [-0.2, 0) is 128 Å². The molecule has 0 aliphatic heterocycles. The van der Waals surface area contributed by atoms with Gasteiger partial charge in [0, 0.05) is 28.9 Å². The number of carboxylic acid groups (broad SMARTS) is 1. The highest BCUT2D eigenvalue weighted by Gasteiger charge is 2.39. The molecule has 9 aromatic rings. The van der Waals surface area contributed by atoms with Crippen LogP contribution in [0.2, 0.25) is 0 Å². The average Bonchev–Trinajstić information content (AvgIpc) is 0.855. The van der Waals surface area contributed by atoms with Gasteiger partial charge in [-0.2, -0.15) is 0 Å². The smallest absolute Gasteiger partial charge is 0.408 e. The minimum atomic E-state index is -1.17. The SMILES string of the molecule is CC(C)(C)OC(=O)C(C)(C)c1ccc(CBr)cc1.CC(C)(C)OC(=O)C(C)(C)c1ccc(C[C@@H](NC(=O)OCc2ccccc2)C(=O)O)cc1.C[C@@H](Cc1ccc(C(C)(C)C(=O)OC(C)(C)C)cc1)N=C(c1ccccc1)c1ccccc1.C[C@@H](Cc1ccc(C(C)(C)C(=O)OC(C)(C)C)cc1)NC(=O)OCc1ccccc1.Cc1ccc(CC(=O)OC(C)(C)C)cc1. The second-order valence-corrected chi connectivity index (χ2v) is 39.6. The van der Waals surface area contributed by atoms with Gasteiger partial charge in [0.15, 0.2) is 0 Å². The topological polar surface area (TPSA) is 258 Å². The van der Waals surface area contributed by atoms with E-state index in [2.05, 4.69) is 69.9 Å². The maximum absolute atomic E-state index is 12.7. The summed E-state index contributed by atoms with van der Waals surface area (Å²) in [5, 5.41) is 15.6. The van der Waals surface area contributed by atoms with Gasteiger partial charge in [-0.15, -0.1) is 0 Å². The van der Waals surface area contributed by atoms with E-state index in [1.54, 1.807) is 38.1 Å². The van der Waals surface area contributed by atoms with Crippen molar-refractivity contribution in [2.45, 2.75) is 292 Å². The van der Waals surface area contributed by atoms with Crippen LogP contribution in [-0.4, -0.2) is 105 Å². The minimum absolute atomic E-state index is 0.0491. The van der Waals surface area contributed by atoms with Crippen molar-refractivity contribution in [1.82, 2.24) is 10.6 Å². The van der Waals surface area contributed by atoms with Gasteiger partial charge in [0.05, 0.1) is 39.8 Å². The van der Waals surface area contributed by atoms with Crippen LogP contribution in [0.5, 0.6) is 0 Å². The molecule has 9 aromatic carbocycles. The number of alkyl halides is 1. The number of esters is 5. The van der Waals surface area contributed by atoms with E-state index in [4.69, 9.17) is 38.2 Å². The molecule has 0 bridgehead atoms. The number of carboxylic acids is 1. The van der Waals surface area contributed by atoms with Crippen LogP contribution in [0.3, 0.4) is 0 Å². The molecule has 19 nitrogen and oxygen atoms in total. The van der Waals surface area contributed by atoms with Gasteiger partial charge in [0.25, 0.3) is 0 Å². The van der Waals surface area contributed by atoms with Gasteiger partial charge >= 0.3 is 48.0 Å². The fraction of sp³-hybridized carbons (Fsp3) is 0.417. The Balaban J connectivity index is 0.000000291. The molecule has 0 spiro atoms. The average molecular weight is 1810 g/mol. The number of aliphatic imine (C=N–C) groups is 1. The Morgan fingerprint density at radius 3 is 0.922 bits per heavy atom. The third-order valence-electron chi connectivity index (χ3n) is 19.7. The van der Waals surface area contributed by atoms with E-state index in [9.17, 15) is 43.5 Å². The third kappa shape index (κ3) is 38.6. The van der Waals surface area contributed by atoms with E-state index in [1.807, 2.05) is 341 Å². The molecule has 0 radical (unpaired) electrons. The number of rotatable bonds is 27. The Hall–Kier alpha value is -11.5. The maximum atomic E-state index is 12.7. The molecule has 3 N–H and O–H groups in total. The van der Waals surface area contributed by atoms with Crippen molar-refractivity contribution in [3.63, 3.8) is 0 Å². The highest BCUT2D eigenvalue weighted by atomic mass is 79.9. The number of hydrogen-bond acceptors (Lipinski definition) is 16. The molecule has 0 aliphatic carbocycles. The Kier molecular flexibility index (Phi) is 40.2. The molecule has 0 saturated carbocycles. The predicted molar refractivity (Wildman–Crippen MR) is 514 cm³/mol. The first-order valence-corrected chi connectivity index (χ1v) is 44.6. The summed E-state index contributed by atoms with van der Waals surface area (Å²) in [7, 11) is 0. The molecule has 0 unspecified atom stereocenters. The summed E-state index contributed by atoms with van der Waals surface area (Å²) >= 11 is 3.41. The standard InChI is InChI=1S/C30H35NO2.C25H31NO6.C25H33NO4.C15H21BrO2.C13H18O2/c1-22(31-27(24-13-9-7-10-14-24)25-15-11-8-12-16-25)21-23-17-19-26(20-18-23)30(5,6)28(32)33-29(2,3)4;1-24(2,3)32-22(29)25(4,5)19-13-11-17(12-14-19)15-20(21(27)28)26-23(30)31-16-18-9-7-6-8-10-18;1-18(26-23(28)29-17-20-10-8-7-9-11-20)16-19-12-14-21(15-13-19)25(5,6)22(27)30-24(2,3)4;1-14(2,3)18-13(17)15(4,5)12-8-6-11(10-16)7-9-12;1-10-5-7-11(8-6-10)9-12(14)15-13(2,3)4/h7-20,22H,21H2,1-6H3;6-14,20H,15-16H2,1-5H3,(H,26,30)(H,27,28);7-15,18H,16-17H2,1-6H3,(H,26,28);6-9H,10H2,1-5H3;5-8H,9H2,1-4H3/t22-;20-;18-;;/m010../s1. The highest BCUT2D eigenvalue weighted by molar-refractivity contribution is 9.08. The molecule has 0 fully saturated rings. The normalized spacial score (nSPS) is 12.4. The summed E-state index contributed by atoms with van der Waals surface area (Å²) in [5.74, 6) is -2.34. The number of benzene rings is 9. The van der Waals surface area contributed by atoms with Crippen LogP contribution in [0.1, 0.15) is 251 Å². The number of amides is 2. The van der Waals surface area contributed by atoms with E-state index >= 15 is 0 Å². The zero-order chi connectivity index (χ0) is 95.8. The summed E-state index contributed by atoms with van der Waals surface area (Å²) < 4.78 is 37.8. The number of ether oxygens (including phenoxy) is 7. The summed E-state index contributed by atoms with van der Waals surface area (Å²) in [5.41, 5.74) is 9.48. The molecule has 128 heavy (non-hydrogen) atoms. The predicted octanol–water partition coefficient (Wildman–Crippen LogP) is 23.2. The molecule has 688 valence electrons. The van der Waals surface area contributed by atoms with Crippen LogP contribution >= 0.6 is 15.9 Å². The quantitative estimate of drug-likeness (QED) is 0.0187. The molecule has 20 heteroatoms. The first-order valence-electron chi connectivity index (χ1n) is 43.5. The maximum Gasteiger partial charge on any atom is 0.408 e. The lowest BCUT2D eigenvalue weighted by Gasteiger charge is -2.29. The number of carbonyl (C=O) groups is 8. The molecule has 2 amide bonds. The van der Waals surface area contributed by atoms with E-state index in [1.165, 1.54) is 16.7 Å². The minimum Gasteiger partial charge on any atom is -0.480 e. The Morgan fingerprint density at radius 2 is 0.617 bits per heavy atom. The van der Waals surface area contributed by atoms with Crippen molar-refractivity contribution >= 4 is 69.6 Å². The molecular formula is C108H138BrN3O16. The summed E-state index contributed by atoms with van der Waals surface area (Å²) in [6, 6.07) is 77.3. The molecule has 0 saturated heterocycles. The number of carbonyl (C=O) groups excluding carboxylic acids is 7. The van der Waals surface area contributed by atoms with Crippen molar-refractivity contribution in [3.05, 3.63) is 321 Å². The number of alkyl carbamates (subject to hydrolysis) is 2. The summed E-state index contributed by atoms with van der Waals surface area (Å²) in [6.07, 6.45) is 0.655. The lowest BCUT2D eigenvalue weighted by Crippen LogP contribution is -2.42. The summed E-state index contributed by atoms with van der Waals surface area (Å²) in [4.78, 5) is 102. The lowest BCUT2D eigenvalue weighted by molar-refractivity contribution is -0.161. The van der Waals surface area contributed by atoms with E-state index in [0.717, 1.165) is 73.1 Å². The fourth-order valence-corrected chi connectivity index (χ4v) is 12.7. The van der Waals surface area contributed by atoms with Gasteiger partial charge in [-0.3, -0.25) is 29.0 Å². The van der Waals surface area contributed by atoms with Crippen LogP contribution in [0.4, 0.5) is 9.59 Å². The number of hydrogen-bond donors (Lipinski definition) is 3. The van der Waals surface area contributed by atoms with E-state index < -0.39 is 73.9 Å². The number of nitrogens with one attached hydrogen (secondary N) is 2. The highest BCUT2D eigenvalue weighted by Crippen LogP contribution is 2.33. The molecular weight excluding hydrogens is 1680 g/mol.